The lowest BCUT2D eigenvalue weighted by Crippen LogP contribution is -2.08. The van der Waals surface area contributed by atoms with Crippen LogP contribution in [0.3, 0.4) is 0 Å². The lowest BCUT2D eigenvalue weighted by atomic mass is 10.2. The Kier molecular flexibility index (Phi) is 4.40. The number of hydrogen-bond acceptors (Lipinski definition) is 3. The molecule has 0 fully saturated rings. The van der Waals surface area contributed by atoms with Crippen molar-refractivity contribution in [1.82, 2.24) is 10.3 Å². The summed E-state index contributed by atoms with van der Waals surface area (Å²) in [6.45, 7) is 5.64. The average Bonchev–Trinajstić information content (AvgIpc) is 2.18. The molecule has 0 amide bonds. The summed E-state index contributed by atoms with van der Waals surface area (Å²) in [5.41, 5.74) is 2.11. The fourth-order valence-electron chi connectivity index (χ4n) is 1.23. The molecule has 0 aliphatic rings. The largest absolute Gasteiger partial charge is 0.493 e. The minimum atomic E-state index is 0.764. The van der Waals surface area contributed by atoms with E-state index >= 15 is 0 Å². The molecule has 0 radical (unpaired) electrons. The van der Waals surface area contributed by atoms with E-state index in [4.69, 9.17) is 4.74 Å². The summed E-state index contributed by atoms with van der Waals surface area (Å²) in [6.07, 6.45) is 2.90. The molecule has 0 aromatic carbocycles. The van der Waals surface area contributed by atoms with Gasteiger partial charge in [-0.05, 0) is 20.4 Å². The first-order valence-electron chi connectivity index (χ1n) is 5.00. The number of aromatic nitrogens is 1. The first-order valence-corrected chi connectivity index (χ1v) is 5.00. The van der Waals surface area contributed by atoms with Crippen molar-refractivity contribution in [2.24, 2.45) is 0 Å². The molecule has 1 N–H and O–H groups in total. The van der Waals surface area contributed by atoms with Gasteiger partial charge in [-0.25, -0.2) is 0 Å². The van der Waals surface area contributed by atoms with Crippen LogP contribution in [0.4, 0.5) is 0 Å². The molecular formula is C11H18N2O. The van der Waals surface area contributed by atoms with Crippen LogP contribution in [-0.4, -0.2) is 18.6 Å². The Bertz CT molecular complexity index is 287. The minimum Gasteiger partial charge on any atom is -0.493 e. The van der Waals surface area contributed by atoms with Crippen LogP contribution in [0, 0.1) is 6.92 Å². The topological polar surface area (TPSA) is 34.1 Å². The zero-order valence-corrected chi connectivity index (χ0v) is 9.13. The molecule has 0 saturated carbocycles. The second-order valence-electron chi connectivity index (χ2n) is 3.31. The van der Waals surface area contributed by atoms with E-state index < -0.39 is 0 Å². The lowest BCUT2D eigenvalue weighted by Gasteiger charge is -2.10. The van der Waals surface area contributed by atoms with Crippen LogP contribution in [0.15, 0.2) is 12.3 Å². The maximum atomic E-state index is 5.64. The van der Waals surface area contributed by atoms with Gasteiger partial charge < -0.3 is 10.1 Å². The van der Waals surface area contributed by atoms with Gasteiger partial charge in [0.1, 0.15) is 5.75 Å². The van der Waals surface area contributed by atoms with Crippen molar-refractivity contribution in [3.05, 3.63) is 23.5 Å². The van der Waals surface area contributed by atoms with Crippen LogP contribution in [-0.2, 0) is 6.54 Å². The third-order valence-corrected chi connectivity index (χ3v) is 1.91. The molecule has 0 saturated heterocycles. The summed E-state index contributed by atoms with van der Waals surface area (Å²) in [6, 6.07) is 1.99. The van der Waals surface area contributed by atoms with Crippen LogP contribution in [0.1, 0.15) is 24.6 Å². The van der Waals surface area contributed by atoms with Crippen molar-refractivity contribution < 1.29 is 4.74 Å². The number of ether oxygens (including phenoxy) is 1. The number of rotatable bonds is 5. The first-order chi connectivity index (χ1) is 6.77. The lowest BCUT2D eigenvalue weighted by molar-refractivity contribution is 0.313. The molecule has 3 nitrogen and oxygen atoms in total. The third kappa shape index (κ3) is 3.00. The summed E-state index contributed by atoms with van der Waals surface area (Å²) >= 11 is 0. The van der Waals surface area contributed by atoms with E-state index in [9.17, 15) is 0 Å². The quantitative estimate of drug-likeness (QED) is 0.777. The maximum Gasteiger partial charge on any atom is 0.127 e. The molecular weight excluding hydrogens is 176 g/mol. The monoisotopic (exact) mass is 194 g/mol. The van der Waals surface area contributed by atoms with Gasteiger partial charge in [-0.2, -0.15) is 0 Å². The third-order valence-electron chi connectivity index (χ3n) is 1.91. The van der Waals surface area contributed by atoms with Gasteiger partial charge in [0.15, 0.2) is 0 Å². The van der Waals surface area contributed by atoms with E-state index in [2.05, 4.69) is 17.2 Å². The van der Waals surface area contributed by atoms with Crippen LogP contribution in [0.25, 0.3) is 0 Å². The van der Waals surface area contributed by atoms with Crippen molar-refractivity contribution in [2.45, 2.75) is 26.8 Å². The fourth-order valence-corrected chi connectivity index (χ4v) is 1.23. The van der Waals surface area contributed by atoms with Crippen LogP contribution in [0.2, 0.25) is 0 Å². The molecule has 1 heterocycles. The van der Waals surface area contributed by atoms with Gasteiger partial charge in [-0.3, -0.25) is 4.98 Å². The number of nitrogens with one attached hydrogen (secondary N) is 1. The van der Waals surface area contributed by atoms with E-state index in [0.717, 1.165) is 36.6 Å². The van der Waals surface area contributed by atoms with Crippen LogP contribution in [0.5, 0.6) is 5.75 Å². The van der Waals surface area contributed by atoms with Crippen molar-refractivity contribution >= 4 is 0 Å². The Labute approximate surface area is 85.5 Å². The van der Waals surface area contributed by atoms with Gasteiger partial charge in [-0.1, -0.05) is 6.92 Å². The van der Waals surface area contributed by atoms with Crippen LogP contribution < -0.4 is 10.1 Å². The summed E-state index contributed by atoms with van der Waals surface area (Å²) in [5.74, 6) is 0.952. The first kappa shape index (κ1) is 11.0. The summed E-state index contributed by atoms with van der Waals surface area (Å²) in [7, 11) is 1.92. The second kappa shape index (κ2) is 5.60. The van der Waals surface area contributed by atoms with Gasteiger partial charge in [0.05, 0.1) is 6.61 Å². The molecule has 1 aromatic rings. The SMILES string of the molecule is CCCOc1cc(C)ncc1CNC. The molecule has 0 unspecified atom stereocenters. The summed E-state index contributed by atoms with van der Waals surface area (Å²) in [5, 5.41) is 3.10. The van der Waals surface area contributed by atoms with E-state index in [-0.39, 0.29) is 0 Å². The predicted molar refractivity (Wildman–Crippen MR) is 57.5 cm³/mol. The molecule has 0 aliphatic heterocycles. The second-order valence-corrected chi connectivity index (χ2v) is 3.31. The Balaban J connectivity index is 2.79. The van der Waals surface area contributed by atoms with Crippen molar-refractivity contribution in [1.29, 1.82) is 0 Å². The molecule has 1 aromatic heterocycles. The van der Waals surface area contributed by atoms with Gasteiger partial charge in [-0.15, -0.1) is 0 Å². The molecule has 0 atom stereocenters. The highest BCUT2D eigenvalue weighted by Crippen LogP contribution is 2.18. The Morgan fingerprint density at radius 2 is 2.29 bits per heavy atom. The highest BCUT2D eigenvalue weighted by Gasteiger charge is 2.03. The Morgan fingerprint density at radius 1 is 1.50 bits per heavy atom. The average molecular weight is 194 g/mol. The van der Waals surface area contributed by atoms with Crippen molar-refractivity contribution in [3.63, 3.8) is 0 Å². The van der Waals surface area contributed by atoms with E-state index in [0.29, 0.717) is 0 Å². The molecule has 0 aliphatic carbocycles. The zero-order chi connectivity index (χ0) is 10.4. The molecule has 3 heteroatoms. The van der Waals surface area contributed by atoms with Crippen LogP contribution >= 0.6 is 0 Å². The predicted octanol–water partition coefficient (Wildman–Crippen LogP) is 1.90. The normalized spacial score (nSPS) is 10.2. The van der Waals surface area contributed by atoms with E-state index in [1.807, 2.05) is 26.2 Å². The van der Waals surface area contributed by atoms with Crippen molar-refractivity contribution in [2.75, 3.05) is 13.7 Å². The standard InChI is InChI=1S/C11H18N2O/c1-4-5-14-11-6-9(2)13-8-10(11)7-12-3/h6,8,12H,4-5,7H2,1-3H3. The van der Waals surface area contributed by atoms with Gasteiger partial charge in [0.2, 0.25) is 0 Å². The van der Waals surface area contributed by atoms with E-state index in [1.54, 1.807) is 0 Å². The number of pyridine rings is 1. The fraction of sp³-hybridized carbons (Fsp3) is 0.545. The number of hydrogen-bond donors (Lipinski definition) is 1. The van der Waals surface area contributed by atoms with Crippen molar-refractivity contribution in [3.8, 4) is 5.75 Å². The molecule has 14 heavy (non-hydrogen) atoms. The highest BCUT2D eigenvalue weighted by atomic mass is 16.5. The summed E-state index contributed by atoms with van der Waals surface area (Å²) in [4.78, 5) is 4.25. The van der Waals surface area contributed by atoms with Gasteiger partial charge >= 0.3 is 0 Å². The minimum absolute atomic E-state index is 0.764. The molecule has 1 rings (SSSR count). The molecule has 0 spiro atoms. The Morgan fingerprint density at radius 3 is 2.93 bits per heavy atom. The molecule has 78 valence electrons. The maximum absolute atomic E-state index is 5.64. The van der Waals surface area contributed by atoms with Gasteiger partial charge in [0.25, 0.3) is 0 Å². The smallest absolute Gasteiger partial charge is 0.127 e. The van der Waals surface area contributed by atoms with Gasteiger partial charge in [0, 0.05) is 30.1 Å². The van der Waals surface area contributed by atoms with E-state index in [1.165, 1.54) is 0 Å². The summed E-state index contributed by atoms with van der Waals surface area (Å²) < 4.78 is 5.64. The Hall–Kier alpha value is -1.09. The number of nitrogens with zero attached hydrogens (tertiary/aromatic N) is 1. The zero-order valence-electron chi connectivity index (χ0n) is 9.13. The highest BCUT2D eigenvalue weighted by molar-refractivity contribution is 5.32. The molecule has 0 bridgehead atoms. The number of aryl methyl sites for hydroxylation is 1.